The normalized spacial score (nSPS) is 25.3. The first-order valence-electron chi connectivity index (χ1n) is 6.32. The number of benzene rings is 1. The molecule has 19 heavy (non-hydrogen) atoms. The summed E-state index contributed by atoms with van der Waals surface area (Å²) in [5.41, 5.74) is 3.47. The zero-order chi connectivity index (χ0) is 13.8. The molecule has 1 heterocycles. The summed E-state index contributed by atoms with van der Waals surface area (Å²) in [5.74, 6) is 7.77. The lowest BCUT2D eigenvalue weighted by Crippen LogP contribution is -2.42. The fourth-order valence-electron chi connectivity index (χ4n) is 2.37. The highest BCUT2D eigenvalue weighted by atomic mass is 79.9. The lowest BCUT2D eigenvalue weighted by molar-refractivity contribution is 0.483. The molecule has 1 fully saturated rings. The van der Waals surface area contributed by atoms with Gasteiger partial charge in [0.05, 0.1) is 10.5 Å². The summed E-state index contributed by atoms with van der Waals surface area (Å²) < 4.78 is 14.8. The molecule has 6 heteroatoms. The van der Waals surface area contributed by atoms with Gasteiger partial charge >= 0.3 is 0 Å². The largest absolute Gasteiger partial charge is 0.271 e. The number of thioether (sulfide) groups is 2. The highest BCUT2D eigenvalue weighted by molar-refractivity contribution is 9.10. The molecule has 1 saturated heterocycles. The Morgan fingerprint density at radius 1 is 1.47 bits per heavy atom. The third-order valence-electron chi connectivity index (χ3n) is 3.32. The second-order valence-electron chi connectivity index (χ2n) is 4.44. The average Bonchev–Trinajstić information content (AvgIpc) is 2.45. The molecular formula is C13H18BrFN2S2. The van der Waals surface area contributed by atoms with Crippen LogP contribution >= 0.6 is 39.5 Å². The third-order valence-corrected chi connectivity index (χ3v) is 7.28. The van der Waals surface area contributed by atoms with E-state index >= 15 is 0 Å². The zero-order valence-electron chi connectivity index (χ0n) is 10.7. The second-order valence-corrected chi connectivity index (χ2v) is 7.93. The molecule has 3 unspecified atom stereocenters. The van der Waals surface area contributed by atoms with E-state index in [1.165, 1.54) is 0 Å². The Bertz CT molecular complexity index is 433. The van der Waals surface area contributed by atoms with Crippen LogP contribution in [0.1, 0.15) is 24.9 Å². The van der Waals surface area contributed by atoms with E-state index in [9.17, 15) is 4.39 Å². The van der Waals surface area contributed by atoms with Crippen LogP contribution in [0.5, 0.6) is 0 Å². The fraction of sp³-hybridized carbons (Fsp3) is 0.538. The van der Waals surface area contributed by atoms with Crippen molar-refractivity contribution in [1.29, 1.82) is 0 Å². The average molecular weight is 365 g/mol. The lowest BCUT2D eigenvalue weighted by Gasteiger charge is -2.36. The maximum absolute atomic E-state index is 14.3. The molecule has 3 N–H and O–H groups in total. The summed E-state index contributed by atoms with van der Waals surface area (Å²) in [7, 11) is 0. The first kappa shape index (κ1) is 15.6. The second kappa shape index (κ2) is 7.31. The van der Waals surface area contributed by atoms with Crippen molar-refractivity contribution in [3.63, 3.8) is 0 Å². The van der Waals surface area contributed by atoms with Crippen molar-refractivity contribution in [1.82, 2.24) is 5.43 Å². The van der Waals surface area contributed by atoms with Gasteiger partial charge in [-0.1, -0.05) is 19.1 Å². The van der Waals surface area contributed by atoms with Crippen LogP contribution in [0.15, 0.2) is 22.7 Å². The van der Waals surface area contributed by atoms with Crippen molar-refractivity contribution >= 4 is 39.5 Å². The van der Waals surface area contributed by atoms with Gasteiger partial charge in [0.1, 0.15) is 5.82 Å². The minimum Gasteiger partial charge on any atom is -0.271 e. The van der Waals surface area contributed by atoms with Crippen molar-refractivity contribution in [2.45, 2.75) is 29.9 Å². The van der Waals surface area contributed by atoms with E-state index in [0.717, 1.165) is 17.9 Å². The number of halogens is 2. The van der Waals surface area contributed by atoms with Crippen molar-refractivity contribution in [3.05, 3.63) is 34.1 Å². The Balaban J connectivity index is 2.30. The van der Waals surface area contributed by atoms with E-state index < -0.39 is 0 Å². The summed E-state index contributed by atoms with van der Waals surface area (Å²) in [5, 5.41) is 0.815. The Morgan fingerprint density at radius 2 is 2.21 bits per heavy atom. The van der Waals surface area contributed by atoms with Crippen molar-refractivity contribution < 1.29 is 4.39 Å². The summed E-state index contributed by atoms with van der Waals surface area (Å²) in [6.45, 7) is 2.18. The first-order chi connectivity index (χ1) is 9.19. The Labute approximate surface area is 130 Å². The molecule has 1 aliphatic heterocycles. The first-order valence-corrected chi connectivity index (χ1v) is 9.21. The molecule has 1 aliphatic rings. The summed E-state index contributed by atoms with van der Waals surface area (Å²) >= 11 is 7.11. The maximum atomic E-state index is 14.3. The molecule has 0 radical (unpaired) electrons. The van der Waals surface area contributed by atoms with E-state index in [1.54, 1.807) is 6.07 Å². The molecule has 0 amide bonds. The van der Waals surface area contributed by atoms with E-state index in [-0.39, 0.29) is 11.9 Å². The van der Waals surface area contributed by atoms with Gasteiger partial charge in [-0.05, 0) is 28.4 Å². The van der Waals surface area contributed by atoms with Crippen molar-refractivity contribution in [3.8, 4) is 0 Å². The standard InChI is InChI=1S/C13H18BrFN2S2/c1-2-10-13(19-7-6-18-10)12(17-16)8-4-3-5-9(14)11(8)15/h3-5,10,12-13,17H,2,6-7,16H2,1H3. The predicted octanol–water partition coefficient (Wildman–Crippen LogP) is 3.72. The third kappa shape index (κ3) is 3.47. The van der Waals surface area contributed by atoms with Crippen LogP contribution in [0, 0.1) is 5.82 Å². The smallest absolute Gasteiger partial charge is 0.142 e. The van der Waals surface area contributed by atoms with Gasteiger partial charge in [0.2, 0.25) is 0 Å². The topological polar surface area (TPSA) is 38.0 Å². The van der Waals surface area contributed by atoms with Gasteiger partial charge in [-0.3, -0.25) is 11.3 Å². The molecular weight excluding hydrogens is 347 g/mol. The summed E-state index contributed by atoms with van der Waals surface area (Å²) in [6, 6.07) is 5.23. The Kier molecular flexibility index (Phi) is 6.02. The zero-order valence-corrected chi connectivity index (χ0v) is 14.0. The summed E-state index contributed by atoms with van der Waals surface area (Å²) in [4.78, 5) is 0. The van der Waals surface area contributed by atoms with E-state index in [1.807, 2.05) is 35.7 Å². The van der Waals surface area contributed by atoms with Crippen LogP contribution in [-0.2, 0) is 0 Å². The molecule has 1 aromatic rings. The van der Waals surface area contributed by atoms with Gasteiger partial charge in [0.15, 0.2) is 0 Å². The predicted molar refractivity (Wildman–Crippen MR) is 86.9 cm³/mol. The van der Waals surface area contributed by atoms with Crippen LogP contribution in [0.25, 0.3) is 0 Å². The van der Waals surface area contributed by atoms with Crippen LogP contribution in [0.4, 0.5) is 4.39 Å². The molecule has 3 atom stereocenters. The van der Waals surface area contributed by atoms with E-state index in [4.69, 9.17) is 5.84 Å². The van der Waals surface area contributed by atoms with Gasteiger partial charge in [0.25, 0.3) is 0 Å². The number of hydrogen-bond acceptors (Lipinski definition) is 4. The minimum atomic E-state index is -0.212. The number of nitrogens with two attached hydrogens (primary N) is 1. The minimum absolute atomic E-state index is 0.153. The van der Waals surface area contributed by atoms with Crippen molar-refractivity contribution in [2.75, 3.05) is 11.5 Å². The molecule has 0 aromatic heterocycles. The van der Waals surface area contributed by atoms with Crippen LogP contribution in [0.3, 0.4) is 0 Å². The molecule has 0 aliphatic carbocycles. The van der Waals surface area contributed by atoms with Gasteiger partial charge in [-0.2, -0.15) is 23.5 Å². The van der Waals surface area contributed by atoms with Crippen LogP contribution in [0.2, 0.25) is 0 Å². The maximum Gasteiger partial charge on any atom is 0.142 e. The van der Waals surface area contributed by atoms with E-state index in [2.05, 4.69) is 28.3 Å². The van der Waals surface area contributed by atoms with Crippen molar-refractivity contribution in [2.24, 2.45) is 5.84 Å². The molecule has 1 aromatic carbocycles. The highest BCUT2D eigenvalue weighted by Gasteiger charge is 2.34. The van der Waals surface area contributed by atoms with Crippen LogP contribution in [-0.4, -0.2) is 22.0 Å². The SMILES string of the molecule is CCC1SCCSC1C(NN)c1cccc(Br)c1F. The fourth-order valence-corrected chi connectivity index (χ4v) is 5.97. The quantitative estimate of drug-likeness (QED) is 0.630. The van der Waals surface area contributed by atoms with Gasteiger partial charge in [0, 0.05) is 27.6 Å². The van der Waals surface area contributed by atoms with Gasteiger partial charge in [-0.25, -0.2) is 4.39 Å². The molecule has 0 bridgehead atoms. The van der Waals surface area contributed by atoms with Crippen LogP contribution < -0.4 is 11.3 Å². The van der Waals surface area contributed by atoms with Gasteiger partial charge < -0.3 is 0 Å². The molecule has 2 nitrogen and oxygen atoms in total. The Hall–Kier alpha value is 0.250. The number of rotatable bonds is 4. The molecule has 2 rings (SSSR count). The highest BCUT2D eigenvalue weighted by Crippen LogP contribution is 2.41. The Morgan fingerprint density at radius 3 is 2.89 bits per heavy atom. The number of hydrazine groups is 1. The molecule has 106 valence electrons. The van der Waals surface area contributed by atoms with Gasteiger partial charge in [-0.15, -0.1) is 0 Å². The number of hydrogen-bond donors (Lipinski definition) is 2. The van der Waals surface area contributed by atoms with E-state index in [0.29, 0.717) is 20.5 Å². The monoisotopic (exact) mass is 364 g/mol. The molecule has 0 saturated carbocycles. The molecule has 0 spiro atoms. The summed E-state index contributed by atoms with van der Waals surface area (Å²) in [6.07, 6.45) is 1.08. The lowest BCUT2D eigenvalue weighted by atomic mass is 10.0. The number of nitrogens with one attached hydrogen (secondary N) is 1.